The van der Waals surface area contributed by atoms with Gasteiger partial charge in [0, 0.05) is 0 Å². The molecular formula is C17H26N2O4. The summed E-state index contributed by atoms with van der Waals surface area (Å²) in [4.78, 5) is 11.9. The number of rotatable bonds is 3. The zero-order valence-electron chi connectivity index (χ0n) is 14.4. The minimum atomic E-state index is -0.549. The number of para-hydroxylation sites is 2. The molecule has 6 heteroatoms. The molecule has 0 unspecified atom stereocenters. The lowest BCUT2D eigenvalue weighted by atomic mass is 10.2. The van der Waals surface area contributed by atoms with Gasteiger partial charge in [0.05, 0.1) is 30.6 Å². The van der Waals surface area contributed by atoms with Gasteiger partial charge in [0.15, 0.2) is 5.79 Å². The van der Waals surface area contributed by atoms with Crippen molar-refractivity contribution < 1.29 is 19.0 Å². The molecule has 0 radical (unpaired) electrons. The topological polar surface area (TPSA) is 68.8 Å². The highest BCUT2D eigenvalue weighted by molar-refractivity contribution is 5.89. The number of benzene rings is 1. The first kappa shape index (κ1) is 17.6. The summed E-state index contributed by atoms with van der Waals surface area (Å²) >= 11 is 0. The Labute approximate surface area is 137 Å². The second kappa shape index (κ2) is 6.76. The lowest BCUT2D eigenvalue weighted by Crippen LogP contribution is -2.45. The molecule has 2 N–H and O–H groups in total. The van der Waals surface area contributed by atoms with E-state index in [1.807, 2.05) is 58.9 Å². The first-order valence-electron chi connectivity index (χ1n) is 7.78. The highest BCUT2D eigenvalue weighted by Crippen LogP contribution is 2.25. The minimum absolute atomic E-state index is 0.0182. The summed E-state index contributed by atoms with van der Waals surface area (Å²) in [5.41, 5.74) is 0.921. The van der Waals surface area contributed by atoms with Crippen LogP contribution < -0.4 is 10.6 Å². The van der Waals surface area contributed by atoms with Gasteiger partial charge in [-0.3, -0.25) is 5.32 Å². The van der Waals surface area contributed by atoms with Crippen LogP contribution in [0.3, 0.4) is 0 Å². The van der Waals surface area contributed by atoms with Gasteiger partial charge in [-0.15, -0.1) is 0 Å². The smallest absolute Gasteiger partial charge is 0.412 e. The highest BCUT2D eigenvalue weighted by atomic mass is 16.7. The fraction of sp³-hybridized carbons (Fsp3) is 0.588. The van der Waals surface area contributed by atoms with Crippen LogP contribution >= 0.6 is 0 Å². The Kier molecular flexibility index (Phi) is 5.16. The van der Waals surface area contributed by atoms with E-state index in [0.29, 0.717) is 18.9 Å². The summed E-state index contributed by atoms with van der Waals surface area (Å²) in [5.74, 6) is -0.549. The van der Waals surface area contributed by atoms with E-state index >= 15 is 0 Å². The monoisotopic (exact) mass is 322 g/mol. The van der Waals surface area contributed by atoms with Gasteiger partial charge < -0.3 is 19.5 Å². The van der Waals surface area contributed by atoms with Gasteiger partial charge in [0.2, 0.25) is 0 Å². The molecule has 0 atom stereocenters. The van der Waals surface area contributed by atoms with Crippen molar-refractivity contribution in [2.75, 3.05) is 23.8 Å². The van der Waals surface area contributed by atoms with Crippen LogP contribution in [0.5, 0.6) is 0 Å². The third-order valence-corrected chi connectivity index (χ3v) is 3.19. The average Bonchev–Trinajstić information content (AvgIpc) is 2.41. The fourth-order valence-corrected chi connectivity index (χ4v) is 2.13. The average molecular weight is 322 g/mol. The van der Waals surface area contributed by atoms with Crippen molar-refractivity contribution in [2.24, 2.45) is 0 Å². The van der Waals surface area contributed by atoms with Crippen LogP contribution in [-0.4, -0.2) is 36.7 Å². The maximum atomic E-state index is 11.9. The Morgan fingerprint density at radius 2 is 1.74 bits per heavy atom. The molecule has 0 saturated carbocycles. The third-order valence-electron chi connectivity index (χ3n) is 3.19. The molecule has 1 aromatic rings. The van der Waals surface area contributed by atoms with Crippen LogP contribution in [0.4, 0.5) is 16.2 Å². The number of nitrogens with one attached hydrogen (secondary N) is 2. The largest absolute Gasteiger partial charge is 0.444 e. The summed E-state index contributed by atoms with van der Waals surface area (Å²) in [7, 11) is 0. The molecule has 0 spiro atoms. The predicted octanol–water partition coefficient (Wildman–Crippen LogP) is 3.60. The van der Waals surface area contributed by atoms with Crippen molar-refractivity contribution in [3.63, 3.8) is 0 Å². The fourth-order valence-electron chi connectivity index (χ4n) is 2.13. The number of carbonyl (C=O) groups excluding carboxylic acids is 1. The van der Waals surface area contributed by atoms with E-state index < -0.39 is 17.5 Å². The number of ether oxygens (including phenoxy) is 3. The zero-order chi connectivity index (χ0) is 17.1. The van der Waals surface area contributed by atoms with Crippen LogP contribution in [0.1, 0.15) is 34.6 Å². The first-order valence-corrected chi connectivity index (χ1v) is 7.78. The van der Waals surface area contributed by atoms with Crippen LogP contribution in [0.2, 0.25) is 0 Å². The van der Waals surface area contributed by atoms with Crippen molar-refractivity contribution in [1.82, 2.24) is 0 Å². The predicted molar refractivity (Wildman–Crippen MR) is 89.7 cm³/mol. The molecule has 1 aliphatic heterocycles. The van der Waals surface area contributed by atoms with Gasteiger partial charge in [-0.05, 0) is 46.8 Å². The molecule has 0 aromatic heterocycles. The van der Waals surface area contributed by atoms with Crippen LogP contribution in [-0.2, 0) is 14.2 Å². The molecule has 0 aliphatic carbocycles. The van der Waals surface area contributed by atoms with Crippen molar-refractivity contribution in [3.8, 4) is 0 Å². The van der Waals surface area contributed by atoms with Crippen LogP contribution in [0, 0.1) is 0 Å². The molecule has 0 bridgehead atoms. The zero-order valence-corrected chi connectivity index (χ0v) is 14.4. The van der Waals surface area contributed by atoms with E-state index in [-0.39, 0.29) is 6.04 Å². The summed E-state index contributed by atoms with van der Waals surface area (Å²) in [5, 5.41) is 6.10. The summed E-state index contributed by atoms with van der Waals surface area (Å²) in [6, 6.07) is 7.49. The van der Waals surface area contributed by atoms with E-state index in [1.54, 1.807) is 0 Å². The molecule has 1 fully saturated rings. The highest BCUT2D eigenvalue weighted by Gasteiger charge is 2.28. The molecule has 1 amide bonds. The number of carbonyl (C=O) groups is 1. The van der Waals surface area contributed by atoms with Gasteiger partial charge >= 0.3 is 6.09 Å². The van der Waals surface area contributed by atoms with Crippen molar-refractivity contribution >= 4 is 17.5 Å². The van der Waals surface area contributed by atoms with Crippen molar-refractivity contribution in [1.29, 1.82) is 0 Å². The normalized spacial score (nSPS) is 18.3. The molecule has 128 valence electrons. The Morgan fingerprint density at radius 1 is 1.17 bits per heavy atom. The quantitative estimate of drug-likeness (QED) is 0.890. The molecule has 6 nitrogen and oxygen atoms in total. The lowest BCUT2D eigenvalue weighted by Gasteiger charge is -2.35. The second-order valence-electron chi connectivity index (χ2n) is 7.04. The molecule has 1 aliphatic rings. The third kappa shape index (κ3) is 5.73. The summed E-state index contributed by atoms with van der Waals surface area (Å²) in [6.45, 7) is 10.3. The Morgan fingerprint density at radius 3 is 2.30 bits per heavy atom. The lowest BCUT2D eigenvalue weighted by molar-refractivity contribution is -0.247. The van der Waals surface area contributed by atoms with E-state index in [0.717, 1.165) is 5.69 Å². The molecule has 23 heavy (non-hydrogen) atoms. The van der Waals surface area contributed by atoms with Gasteiger partial charge in [-0.1, -0.05) is 12.1 Å². The molecule has 2 rings (SSSR count). The Balaban J connectivity index is 1.99. The molecule has 1 saturated heterocycles. The van der Waals surface area contributed by atoms with E-state index in [4.69, 9.17) is 14.2 Å². The van der Waals surface area contributed by atoms with E-state index in [2.05, 4.69) is 10.6 Å². The Hall–Kier alpha value is -1.79. The molecule has 1 heterocycles. The first-order chi connectivity index (χ1) is 10.6. The molecular weight excluding hydrogens is 296 g/mol. The maximum Gasteiger partial charge on any atom is 0.412 e. The van der Waals surface area contributed by atoms with Crippen molar-refractivity contribution in [2.45, 2.75) is 52.0 Å². The van der Waals surface area contributed by atoms with Gasteiger partial charge in [-0.25, -0.2) is 4.79 Å². The number of anilines is 2. The number of amides is 1. The number of hydrogen-bond donors (Lipinski definition) is 2. The minimum Gasteiger partial charge on any atom is -0.444 e. The van der Waals surface area contributed by atoms with Gasteiger partial charge in [0.1, 0.15) is 5.60 Å². The SMILES string of the molecule is CC(C)(C)OC(=O)Nc1ccccc1NC1COC(C)(C)OC1. The standard InChI is InChI=1S/C17H26N2O4/c1-16(2,3)23-15(20)19-14-9-7-6-8-13(14)18-12-10-21-17(4,5)22-11-12/h6-9,12,18H,10-11H2,1-5H3,(H,19,20). The van der Waals surface area contributed by atoms with Crippen molar-refractivity contribution in [3.05, 3.63) is 24.3 Å². The van der Waals surface area contributed by atoms with E-state index in [1.165, 1.54) is 0 Å². The summed E-state index contributed by atoms with van der Waals surface area (Å²) in [6.07, 6.45) is -0.482. The van der Waals surface area contributed by atoms with Crippen LogP contribution in [0.15, 0.2) is 24.3 Å². The molecule has 1 aromatic carbocycles. The van der Waals surface area contributed by atoms with E-state index in [9.17, 15) is 4.79 Å². The number of hydrogen-bond acceptors (Lipinski definition) is 5. The Bertz CT molecular complexity index is 542. The van der Waals surface area contributed by atoms with Gasteiger partial charge in [0.25, 0.3) is 0 Å². The van der Waals surface area contributed by atoms with Crippen LogP contribution in [0.25, 0.3) is 0 Å². The van der Waals surface area contributed by atoms with Gasteiger partial charge in [-0.2, -0.15) is 0 Å². The summed E-state index contributed by atoms with van der Waals surface area (Å²) < 4.78 is 16.6. The maximum absolute atomic E-state index is 11.9. The second-order valence-corrected chi connectivity index (χ2v) is 7.04.